The highest BCUT2D eigenvalue weighted by Crippen LogP contribution is 2.39. The van der Waals surface area contributed by atoms with Crippen LogP contribution in [0.3, 0.4) is 0 Å². The van der Waals surface area contributed by atoms with Crippen LogP contribution in [-0.4, -0.2) is 23.7 Å². The molecule has 0 radical (unpaired) electrons. The maximum Gasteiger partial charge on any atom is 0.137 e. The molecule has 109 heavy (non-hydrogen) atoms. The third-order valence-electron chi connectivity index (χ3n) is 19.7. The molecular weight excluding hydrogens is 1320 g/mol. The Labute approximate surface area is 648 Å². The second kappa shape index (κ2) is 32.7. The fraction of sp³-hybridized carbons (Fsp3) is 0.233. The van der Waals surface area contributed by atoms with Crippen molar-refractivity contribution >= 4 is 65.4 Å². The number of hydrogen-bond acceptors (Lipinski definition) is 3. The number of aromatic nitrogens is 5. The van der Waals surface area contributed by atoms with Gasteiger partial charge in [0.2, 0.25) is 0 Å². The van der Waals surface area contributed by atoms with Gasteiger partial charge in [0.25, 0.3) is 0 Å². The van der Waals surface area contributed by atoms with E-state index in [1.165, 1.54) is 99.0 Å². The van der Waals surface area contributed by atoms with Gasteiger partial charge in [-0.2, -0.15) is 5.26 Å². The molecule has 0 fully saturated rings. The van der Waals surface area contributed by atoms with Crippen LogP contribution in [0.2, 0.25) is 0 Å². The molecule has 0 aliphatic carbocycles. The zero-order valence-electron chi connectivity index (χ0n) is 67.2. The van der Waals surface area contributed by atoms with E-state index in [1.54, 1.807) is 6.07 Å². The van der Waals surface area contributed by atoms with Gasteiger partial charge in [-0.25, -0.2) is 4.98 Å². The van der Waals surface area contributed by atoms with Gasteiger partial charge in [0, 0.05) is 77.0 Å². The predicted molar refractivity (Wildman–Crippen MR) is 468 cm³/mol. The van der Waals surface area contributed by atoms with Crippen LogP contribution in [0.25, 0.3) is 93.9 Å². The van der Waals surface area contributed by atoms with E-state index in [0.717, 1.165) is 34.0 Å². The van der Waals surface area contributed by atoms with Crippen molar-refractivity contribution < 1.29 is 0 Å². The first kappa shape index (κ1) is 78.2. The lowest BCUT2D eigenvalue weighted by molar-refractivity contribution is 0.568. The van der Waals surface area contributed by atoms with E-state index in [0.29, 0.717) is 16.4 Å². The number of terminal acetylenes is 1. The monoisotopic (exact) mass is 1430 g/mol. The topological polar surface area (TPSA) is 64.4 Å². The Morgan fingerprint density at radius 1 is 0.275 bits per heavy atom. The van der Waals surface area contributed by atoms with E-state index < -0.39 is 0 Å². The standard InChI is InChI=1S/C34H28N2.C21H20N2.C15H17N.C13H13N.2C10H14/c1-34(2,3)23-20-24(35-30-16-8-4-12-26(30)27-13-5-9-17-31(27)35)22-25(21-23)36-32-18-10-6-14-28(32)29-15-7-11-19-33(29)36;1-21(2,3)19-13-8-14-20(22-19)23-17-11-6-4-9-15(17)16-10-5-7-12-18(16)23;1-15(2,3)14-11-7-10-13(16-14)12-8-5-4-6-9-12;1-5-10-7-6-8-11(9-14)12(10)13(2,3)4;2*1-10(2,3)9-7-5-4-6-8-9/h4-22H,1-3H3;4-14H,1-3H3;4-11H,1-3H3;1,6-8H,2-4H3;2*4-8H,1-3H3. The van der Waals surface area contributed by atoms with E-state index in [2.05, 4.69) is 423 Å². The molecule has 0 saturated carbocycles. The molecule has 0 bridgehead atoms. The van der Waals surface area contributed by atoms with Crippen LogP contribution in [0.5, 0.6) is 0 Å². The normalized spacial score (nSPS) is 11.7. The number of nitriles is 1. The minimum Gasteiger partial charge on any atom is -0.309 e. The van der Waals surface area contributed by atoms with Crippen LogP contribution in [0.15, 0.2) is 309 Å². The van der Waals surface area contributed by atoms with Gasteiger partial charge in [-0.05, 0) is 135 Å². The third kappa shape index (κ3) is 18.3. The molecule has 0 amide bonds. The van der Waals surface area contributed by atoms with Crippen LogP contribution in [-0.2, 0) is 32.5 Å². The molecular formula is C103H106N6. The van der Waals surface area contributed by atoms with Crippen molar-refractivity contribution in [3.8, 4) is 46.9 Å². The number of rotatable bonds is 4. The number of nitrogens with zero attached hydrogens (tertiary/aromatic N) is 6. The Balaban J connectivity index is 0.000000140. The smallest absolute Gasteiger partial charge is 0.137 e. The quantitative estimate of drug-likeness (QED) is 0.165. The van der Waals surface area contributed by atoms with Gasteiger partial charge in [0.15, 0.2) is 0 Å². The first-order valence-corrected chi connectivity index (χ1v) is 38.1. The largest absolute Gasteiger partial charge is 0.309 e. The molecule has 6 nitrogen and oxygen atoms in total. The predicted octanol–water partition coefficient (Wildman–Crippen LogP) is 27.5. The van der Waals surface area contributed by atoms with Crippen LogP contribution >= 0.6 is 0 Å². The van der Waals surface area contributed by atoms with Crippen molar-refractivity contribution in [3.63, 3.8) is 0 Å². The third-order valence-corrected chi connectivity index (χ3v) is 19.7. The Morgan fingerprint density at radius 2 is 0.587 bits per heavy atom. The lowest BCUT2D eigenvalue weighted by atomic mass is 9.81. The van der Waals surface area contributed by atoms with Gasteiger partial charge >= 0.3 is 0 Å². The molecule has 0 atom stereocenters. The second-order valence-corrected chi connectivity index (χ2v) is 34.2. The minimum atomic E-state index is -0.0893. The van der Waals surface area contributed by atoms with Crippen LogP contribution < -0.4 is 0 Å². The summed E-state index contributed by atoms with van der Waals surface area (Å²) in [5.41, 5.74) is 21.4. The Morgan fingerprint density at radius 3 is 0.917 bits per heavy atom. The number of para-hydroxylation sites is 6. The lowest BCUT2D eigenvalue weighted by Crippen LogP contribution is -2.15. The van der Waals surface area contributed by atoms with Crippen molar-refractivity contribution in [2.45, 2.75) is 157 Å². The molecule has 0 aliphatic rings. The Kier molecular flexibility index (Phi) is 23.5. The van der Waals surface area contributed by atoms with Crippen LogP contribution in [0.4, 0.5) is 0 Å². The summed E-state index contributed by atoms with van der Waals surface area (Å²) in [6.07, 6.45) is 5.41. The number of fused-ring (bicyclic) bond motifs is 9. The maximum atomic E-state index is 8.98. The van der Waals surface area contributed by atoms with Crippen molar-refractivity contribution in [3.05, 3.63) is 354 Å². The van der Waals surface area contributed by atoms with Crippen molar-refractivity contribution in [1.29, 1.82) is 5.26 Å². The molecule has 11 aromatic carbocycles. The van der Waals surface area contributed by atoms with Crippen molar-refractivity contribution in [1.82, 2.24) is 23.7 Å². The summed E-state index contributed by atoms with van der Waals surface area (Å²) in [6, 6.07) is 111. The fourth-order valence-electron chi connectivity index (χ4n) is 13.9. The average Bonchev–Trinajstić information content (AvgIpc) is 1.59. The van der Waals surface area contributed by atoms with E-state index in [1.807, 2.05) is 30.3 Å². The minimum absolute atomic E-state index is 0.00226. The van der Waals surface area contributed by atoms with Crippen LogP contribution in [0.1, 0.15) is 169 Å². The molecule has 5 aromatic heterocycles. The molecule has 16 rings (SSSR count). The molecule has 548 valence electrons. The molecule has 16 aromatic rings. The summed E-state index contributed by atoms with van der Waals surface area (Å²) in [7, 11) is 0. The van der Waals surface area contributed by atoms with Gasteiger partial charge < -0.3 is 9.13 Å². The molecule has 0 saturated heterocycles. The van der Waals surface area contributed by atoms with E-state index in [4.69, 9.17) is 21.7 Å². The van der Waals surface area contributed by atoms with Gasteiger partial charge in [0.05, 0.1) is 50.4 Å². The first-order chi connectivity index (χ1) is 51.8. The lowest BCUT2D eigenvalue weighted by Gasteiger charge is -2.23. The van der Waals surface area contributed by atoms with E-state index in [-0.39, 0.29) is 21.7 Å². The van der Waals surface area contributed by atoms with E-state index >= 15 is 0 Å². The number of benzene rings is 11. The second-order valence-electron chi connectivity index (χ2n) is 34.2. The molecule has 6 heteroatoms. The highest BCUT2D eigenvalue weighted by molar-refractivity contribution is 6.11. The van der Waals surface area contributed by atoms with Crippen molar-refractivity contribution in [2.75, 3.05) is 0 Å². The summed E-state index contributed by atoms with van der Waals surface area (Å²) in [6.45, 7) is 39.6. The van der Waals surface area contributed by atoms with Gasteiger partial charge in [-0.15, -0.1) is 6.42 Å². The first-order valence-electron chi connectivity index (χ1n) is 38.1. The fourth-order valence-corrected chi connectivity index (χ4v) is 13.9. The van der Waals surface area contributed by atoms with Crippen LogP contribution in [0, 0.1) is 23.7 Å². The van der Waals surface area contributed by atoms with E-state index in [9.17, 15) is 0 Å². The Hall–Kier alpha value is -11.8. The van der Waals surface area contributed by atoms with Gasteiger partial charge in [-0.1, -0.05) is 349 Å². The summed E-state index contributed by atoms with van der Waals surface area (Å²) in [4.78, 5) is 9.66. The van der Waals surface area contributed by atoms with Gasteiger partial charge in [-0.3, -0.25) is 9.55 Å². The average molecular weight is 1430 g/mol. The summed E-state index contributed by atoms with van der Waals surface area (Å²) in [5, 5.41) is 16.7. The molecule has 5 heterocycles. The highest BCUT2D eigenvalue weighted by Gasteiger charge is 2.24. The zero-order valence-corrected chi connectivity index (χ0v) is 67.2. The number of hydrogen-bond donors (Lipinski definition) is 0. The number of pyridine rings is 2. The van der Waals surface area contributed by atoms with Crippen molar-refractivity contribution in [2.24, 2.45) is 0 Å². The SMILES string of the molecule is C#Cc1cccc(C#N)c1C(C)(C)C.CC(C)(C)c1cc(-n2c3ccccc3c3ccccc32)cc(-n2c3ccccc3c3ccccc32)c1.CC(C)(C)c1cccc(-c2ccccc2)n1.CC(C)(C)c1cccc(-n2c3ccccc3c3ccccc32)n1.CC(C)(C)c1ccccc1.CC(C)(C)c1ccccc1. The molecule has 0 spiro atoms. The van der Waals surface area contributed by atoms with Gasteiger partial charge in [0.1, 0.15) is 5.82 Å². The summed E-state index contributed by atoms with van der Waals surface area (Å²) < 4.78 is 7.12. The molecule has 0 unspecified atom stereocenters. The zero-order chi connectivity index (χ0) is 78.1. The molecule has 0 N–H and O–H groups in total. The maximum absolute atomic E-state index is 8.98. The summed E-state index contributed by atoms with van der Waals surface area (Å²) >= 11 is 0. The molecule has 0 aliphatic heterocycles. The Bertz CT molecular complexity index is 5490. The summed E-state index contributed by atoms with van der Waals surface area (Å²) in [5.74, 6) is 3.61. The highest BCUT2D eigenvalue weighted by atomic mass is 15.1.